The molecule has 0 unspecified atom stereocenters. The summed E-state index contributed by atoms with van der Waals surface area (Å²) in [5.74, 6) is 0.878. The molecule has 0 spiro atoms. The van der Waals surface area contributed by atoms with Crippen LogP contribution in [0.1, 0.15) is 0 Å². The lowest BCUT2D eigenvalue weighted by Gasteiger charge is -2.26. The molecule has 0 fully saturated rings. The van der Waals surface area contributed by atoms with Gasteiger partial charge < -0.3 is 9.32 Å². The Kier molecular flexibility index (Phi) is 9.89. The number of fused-ring (bicyclic) bond motifs is 3. The summed E-state index contributed by atoms with van der Waals surface area (Å²) in [4.78, 5) is 2.35. The number of hydrogen-bond donors (Lipinski definition) is 0. The van der Waals surface area contributed by atoms with Crippen LogP contribution in [-0.4, -0.2) is 0 Å². The Morgan fingerprint density at radius 3 is 1.38 bits per heavy atom. The lowest BCUT2D eigenvalue weighted by molar-refractivity contribution is 0.632. The third-order valence-corrected chi connectivity index (χ3v) is 12.9. The zero-order valence-corrected chi connectivity index (χ0v) is 36.2. The van der Waals surface area contributed by atoms with Gasteiger partial charge >= 0.3 is 0 Å². The normalized spacial score (nSPS) is 11.3. The number of para-hydroxylation sites is 1. The first-order valence-corrected chi connectivity index (χ1v) is 22.6. The van der Waals surface area contributed by atoms with E-state index in [-0.39, 0.29) is 0 Å². The van der Waals surface area contributed by atoms with Crippen LogP contribution in [0.4, 0.5) is 17.1 Å². The van der Waals surface area contributed by atoms with Gasteiger partial charge in [-0.05, 0) is 132 Å². The van der Waals surface area contributed by atoms with Crippen molar-refractivity contribution in [1.82, 2.24) is 0 Å². The summed E-state index contributed by atoms with van der Waals surface area (Å²) in [7, 11) is 0. The van der Waals surface area contributed by atoms with Gasteiger partial charge in [0.15, 0.2) is 0 Å². The Bertz CT molecular complexity index is 3670. The summed E-state index contributed by atoms with van der Waals surface area (Å²) in [6, 6.07) is 93.7. The molecule has 2 nitrogen and oxygen atoms in total. The van der Waals surface area contributed by atoms with E-state index in [1.807, 2.05) is 6.07 Å². The molecule has 0 radical (unpaired) electrons. The largest absolute Gasteiger partial charge is 0.455 e. The maximum Gasteiger partial charge on any atom is 0.143 e. The van der Waals surface area contributed by atoms with Crippen molar-refractivity contribution >= 4 is 49.6 Å². The first-order chi connectivity index (χ1) is 32.7. The summed E-state index contributed by atoms with van der Waals surface area (Å²) in [5.41, 5.74) is 16.9. The molecule has 1 heterocycles. The first kappa shape index (κ1) is 38.9. The predicted molar refractivity (Wildman–Crippen MR) is 279 cm³/mol. The topological polar surface area (TPSA) is 16.4 Å². The van der Waals surface area contributed by atoms with Crippen LogP contribution in [0.25, 0.3) is 99.5 Å². The maximum absolute atomic E-state index is 6.61. The Morgan fingerprint density at radius 2 is 0.712 bits per heavy atom. The molecule has 0 N–H and O–H groups in total. The van der Waals surface area contributed by atoms with Crippen LogP contribution in [0.5, 0.6) is 0 Å². The van der Waals surface area contributed by atoms with Crippen molar-refractivity contribution in [2.45, 2.75) is 0 Å². The second-order valence-corrected chi connectivity index (χ2v) is 16.9. The standard InChI is InChI=1S/C64H43NO/c1-2-15-49(16-3-1)63-61-24-8-9-26-62(61)66-64(63)55-22-11-20-52(43-55)46-31-37-57(38-32-46)65(58-39-33-47(34-40-58)53-28-27-44-13-4-5-17-50(44)41-53)56-35-29-45(30-36-56)51-19-10-21-54(42-51)60-25-12-18-48-14-6-7-23-59(48)60/h1-43H. The number of nitrogens with zero attached hydrogens (tertiary/aromatic N) is 1. The molecular formula is C64H43NO. The predicted octanol–water partition coefficient (Wildman–Crippen LogP) is 18.2. The Labute approximate surface area is 384 Å². The molecule has 2 heteroatoms. The molecule has 12 rings (SSSR count). The smallest absolute Gasteiger partial charge is 0.143 e. The van der Waals surface area contributed by atoms with Crippen molar-refractivity contribution in [2.75, 3.05) is 4.90 Å². The van der Waals surface area contributed by atoms with E-state index in [4.69, 9.17) is 4.42 Å². The van der Waals surface area contributed by atoms with Crippen LogP contribution < -0.4 is 4.90 Å². The number of benzene rings is 11. The molecule has 0 bridgehead atoms. The molecule has 11 aromatic carbocycles. The molecule has 1 aromatic heterocycles. The highest BCUT2D eigenvalue weighted by atomic mass is 16.3. The van der Waals surface area contributed by atoms with Crippen LogP contribution in [-0.2, 0) is 0 Å². The Hall–Kier alpha value is -8.72. The molecule has 310 valence electrons. The molecule has 0 saturated heterocycles. The van der Waals surface area contributed by atoms with Gasteiger partial charge in [-0.1, -0.05) is 200 Å². The fourth-order valence-corrected chi connectivity index (χ4v) is 9.55. The Morgan fingerprint density at radius 1 is 0.258 bits per heavy atom. The van der Waals surface area contributed by atoms with Crippen LogP contribution in [0, 0.1) is 0 Å². The lowest BCUT2D eigenvalue weighted by Crippen LogP contribution is -2.09. The van der Waals surface area contributed by atoms with E-state index in [9.17, 15) is 0 Å². The van der Waals surface area contributed by atoms with Gasteiger partial charge in [-0.2, -0.15) is 0 Å². The third-order valence-electron chi connectivity index (χ3n) is 12.9. The summed E-state index contributed by atoms with van der Waals surface area (Å²) in [6.45, 7) is 0. The van der Waals surface area contributed by atoms with Crippen molar-refractivity contribution < 1.29 is 4.42 Å². The van der Waals surface area contributed by atoms with Crippen LogP contribution >= 0.6 is 0 Å². The summed E-state index contributed by atoms with van der Waals surface area (Å²) >= 11 is 0. The Balaban J connectivity index is 0.900. The van der Waals surface area contributed by atoms with Crippen LogP contribution in [0.2, 0.25) is 0 Å². The molecule has 66 heavy (non-hydrogen) atoms. The fourth-order valence-electron chi connectivity index (χ4n) is 9.55. The highest BCUT2D eigenvalue weighted by Crippen LogP contribution is 2.43. The van der Waals surface area contributed by atoms with E-state index >= 15 is 0 Å². The van der Waals surface area contributed by atoms with E-state index < -0.39 is 0 Å². The van der Waals surface area contributed by atoms with Crippen molar-refractivity contribution in [3.05, 3.63) is 261 Å². The number of anilines is 3. The van der Waals surface area contributed by atoms with Crippen LogP contribution in [0.15, 0.2) is 265 Å². The number of hydrogen-bond acceptors (Lipinski definition) is 2. The number of rotatable bonds is 9. The van der Waals surface area contributed by atoms with Crippen molar-refractivity contribution in [1.29, 1.82) is 0 Å². The molecule has 0 saturated carbocycles. The van der Waals surface area contributed by atoms with E-state index in [1.165, 1.54) is 54.9 Å². The number of furan rings is 1. The van der Waals surface area contributed by atoms with E-state index in [1.54, 1.807) is 0 Å². The molecule has 0 atom stereocenters. The van der Waals surface area contributed by atoms with Gasteiger partial charge in [0.1, 0.15) is 11.3 Å². The van der Waals surface area contributed by atoms with Crippen molar-refractivity contribution in [3.8, 4) is 67.0 Å². The molecule has 0 amide bonds. The second-order valence-electron chi connectivity index (χ2n) is 16.9. The van der Waals surface area contributed by atoms with Gasteiger partial charge in [-0.3, -0.25) is 0 Å². The van der Waals surface area contributed by atoms with Gasteiger partial charge in [0, 0.05) is 33.6 Å². The van der Waals surface area contributed by atoms with Gasteiger partial charge in [0.25, 0.3) is 0 Å². The van der Waals surface area contributed by atoms with E-state index in [0.29, 0.717) is 0 Å². The molecular weight excluding hydrogens is 799 g/mol. The minimum atomic E-state index is 0.878. The minimum absolute atomic E-state index is 0.878. The summed E-state index contributed by atoms with van der Waals surface area (Å²) in [6.07, 6.45) is 0. The highest BCUT2D eigenvalue weighted by molar-refractivity contribution is 6.02. The molecule has 0 aliphatic heterocycles. The van der Waals surface area contributed by atoms with E-state index in [2.05, 4.69) is 260 Å². The fraction of sp³-hybridized carbons (Fsp3) is 0. The zero-order valence-electron chi connectivity index (χ0n) is 36.2. The second kappa shape index (κ2) is 16.8. The maximum atomic E-state index is 6.61. The average Bonchev–Trinajstić information content (AvgIpc) is 3.79. The van der Waals surface area contributed by atoms with Crippen LogP contribution in [0.3, 0.4) is 0 Å². The lowest BCUT2D eigenvalue weighted by atomic mass is 9.95. The van der Waals surface area contributed by atoms with E-state index in [0.717, 1.165) is 61.6 Å². The quantitative estimate of drug-likeness (QED) is 0.144. The monoisotopic (exact) mass is 841 g/mol. The van der Waals surface area contributed by atoms with Gasteiger partial charge in [-0.15, -0.1) is 0 Å². The van der Waals surface area contributed by atoms with Crippen molar-refractivity contribution in [2.24, 2.45) is 0 Å². The SMILES string of the molecule is c1ccc(-c2c(-c3cccc(-c4ccc(N(c5ccc(-c6cccc(-c7cccc8ccccc78)c6)cc5)c5ccc(-c6ccc7ccccc7c6)cc5)cc4)c3)oc3ccccc23)cc1. The molecule has 0 aliphatic rings. The summed E-state index contributed by atoms with van der Waals surface area (Å²) < 4.78 is 6.61. The van der Waals surface area contributed by atoms with Gasteiger partial charge in [0.2, 0.25) is 0 Å². The van der Waals surface area contributed by atoms with Gasteiger partial charge in [-0.25, -0.2) is 0 Å². The highest BCUT2D eigenvalue weighted by Gasteiger charge is 2.19. The van der Waals surface area contributed by atoms with Gasteiger partial charge in [0.05, 0.1) is 0 Å². The summed E-state index contributed by atoms with van der Waals surface area (Å²) in [5, 5.41) is 6.10. The molecule has 0 aliphatic carbocycles. The minimum Gasteiger partial charge on any atom is -0.455 e. The average molecular weight is 842 g/mol. The van der Waals surface area contributed by atoms with Crippen molar-refractivity contribution in [3.63, 3.8) is 0 Å². The zero-order chi connectivity index (χ0) is 43.8. The first-order valence-electron chi connectivity index (χ1n) is 22.6. The molecule has 12 aromatic rings. The third kappa shape index (κ3) is 7.31.